The molecule has 0 saturated carbocycles. The van der Waals surface area contributed by atoms with E-state index in [1.165, 1.54) is 0 Å². The predicted octanol–water partition coefficient (Wildman–Crippen LogP) is 3.25. The molecule has 1 aromatic rings. The Morgan fingerprint density at radius 3 is 2.05 bits per heavy atom. The molecule has 1 rings (SSSR count). The highest BCUT2D eigenvalue weighted by Gasteiger charge is 2.35. The van der Waals surface area contributed by atoms with Crippen molar-refractivity contribution in [1.82, 2.24) is 4.98 Å². The average molecular weight is 262 g/mol. The van der Waals surface area contributed by atoms with E-state index in [2.05, 4.69) is 18.8 Å². The van der Waals surface area contributed by atoms with E-state index in [1.54, 1.807) is 33.2 Å². The molecule has 0 unspecified atom stereocenters. The van der Waals surface area contributed by atoms with Crippen LogP contribution in [0.5, 0.6) is 5.88 Å². The third-order valence-electron chi connectivity index (χ3n) is 3.34. The Morgan fingerprint density at radius 2 is 1.84 bits per heavy atom. The number of nitrogens with zero attached hydrogens (tertiary/aromatic N) is 1. The van der Waals surface area contributed by atoms with E-state index in [0.29, 0.717) is 11.5 Å². The normalized spacial score (nSPS) is 11.4. The zero-order valence-electron chi connectivity index (χ0n) is 12.5. The second kappa shape index (κ2) is 6.71. The van der Waals surface area contributed by atoms with Crippen LogP contribution in [0.3, 0.4) is 0 Å². The van der Waals surface area contributed by atoms with Crippen molar-refractivity contribution in [1.29, 1.82) is 0 Å². The third kappa shape index (κ3) is 5.43. The van der Waals surface area contributed by atoms with E-state index in [4.69, 9.17) is 11.3 Å². The summed E-state index contributed by atoms with van der Waals surface area (Å²) in [4.78, 5) is 3.91. The van der Waals surface area contributed by atoms with Crippen LogP contribution in [-0.2, 0) is 0 Å². The maximum atomic E-state index is 9.57. The Hall–Kier alpha value is -1.35. The zero-order valence-corrected chi connectivity index (χ0v) is 12.5. The van der Waals surface area contributed by atoms with Gasteiger partial charge in [-0.15, -0.1) is 0 Å². The molecule has 0 fully saturated rings. The molecule has 105 valence electrons. The summed E-state index contributed by atoms with van der Waals surface area (Å²) in [5.41, 5.74) is 0.182. The van der Waals surface area contributed by atoms with Crippen LogP contribution in [-0.4, -0.2) is 22.8 Å². The third-order valence-corrected chi connectivity index (χ3v) is 3.34. The molecule has 1 heterocycles. The van der Waals surface area contributed by atoms with Crippen molar-refractivity contribution < 1.29 is 9.84 Å². The summed E-state index contributed by atoms with van der Waals surface area (Å²) in [6.07, 6.45) is 1.67. The zero-order chi connectivity index (χ0) is 15.3. The molecule has 0 bridgehead atoms. The van der Waals surface area contributed by atoms with Crippen molar-refractivity contribution in [2.24, 2.45) is 5.41 Å². The fourth-order valence-electron chi connectivity index (χ4n) is 0.925. The molecule has 0 aliphatic heterocycles. The lowest BCUT2D eigenvalue weighted by Crippen LogP contribution is -2.39. The minimum absolute atomic E-state index is 0.424. The Balaban J connectivity index is 0.000000342. The van der Waals surface area contributed by atoms with Gasteiger partial charge in [0.2, 0.25) is 5.88 Å². The molecule has 0 aromatic carbocycles. The first-order valence-electron chi connectivity index (χ1n) is 6.01. The summed E-state index contributed by atoms with van der Waals surface area (Å²) in [7, 11) is 1.59. The molecule has 3 nitrogen and oxygen atoms in total. The average Bonchev–Trinajstić information content (AvgIpc) is 2.29. The van der Waals surface area contributed by atoms with Crippen LogP contribution < -0.4 is 4.74 Å². The van der Waals surface area contributed by atoms with Crippen molar-refractivity contribution in [3.63, 3.8) is 0 Å². The van der Waals surface area contributed by atoms with Crippen molar-refractivity contribution >= 4 is 0 Å². The van der Waals surface area contributed by atoms with Crippen LogP contribution in [0.25, 0.3) is 0 Å². The largest absolute Gasteiger partial charge is 0.481 e. The molecule has 3 radical (unpaired) electrons. The first-order valence-corrected chi connectivity index (χ1v) is 6.01. The van der Waals surface area contributed by atoms with Crippen molar-refractivity contribution in [2.75, 3.05) is 7.11 Å². The van der Waals surface area contributed by atoms with E-state index in [9.17, 15) is 5.11 Å². The highest BCUT2D eigenvalue weighted by molar-refractivity contribution is 5.19. The van der Waals surface area contributed by atoms with Crippen molar-refractivity contribution in [3.8, 4) is 5.88 Å². The van der Waals surface area contributed by atoms with Crippen LogP contribution >= 0.6 is 0 Å². The first-order chi connectivity index (χ1) is 8.52. The summed E-state index contributed by atoms with van der Waals surface area (Å²) in [6.45, 7) is 20.0. The Morgan fingerprint density at radius 1 is 1.32 bits per heavy atom. The molecular formula is C16H24NO2. The molecule has 0 amide bonds. The van der Waals surface area contributed by atoms with Gasteiger partial charge in [0.25, 0.3) is 0 Å². The molecule has 0 aliphatic rings. The molecule has 1 N–H and O–H groups in total. The molecular weight excluding hydrogens is 238 g/mol. The second-order valence-corrected chi connectivity index (χ2v) is 5.42. The number of hydrogen-bond donors (Lipinski definition) is 1. The predicted molar refractivity (Wildman–Crippen MR) is 78.5 cm³/mol. The maximum Gasteiger partial charge on any atom is 0.212 e. The van der Waals surface area contributed by atoms with Gasteiger partial charge in [0.15, 0.2) is 0 Å². The molecule has 1 aromatic heterocycles. The lowest BCUT2D eigenvalue weighted by molar-refractivity contribution is -0.0120. The van der Waals surface area contributed by atoms with Gasteiger partial charge in [0, 0.05) is 17.7 Å². The molecule has 0 atom stereocenters. The number of hydrogen-bond acceptors (Lipinski definition) is 3. The monoisotopic (exact) mass is 262 g/mol. The first kappa shape index (κ1) is 17.6. The molecule has 0 spiro atoms. The lowest BCUT2D eigenvalue weighted by Gasteiger charge is -2.37. The number of ether oxygens (including phenoxy) is 1. The fraction of sp³-hybridized carbons (Fsp3) is 0.438. The second-order valence-electron chi connectivity index (χ2n) is 5.42. The van der Waals surface area contributed by atoms with E-state index in [1.807, 2.05) is 19.9 Å². The number of rotatable bonds is 3. The van der Waals surface area contributed by atoms with Gasteiger partial charge in [-0.05, 0) is 33.3 Å². The van der Waals surface area contributed by atoms with Crippen LogP contribution in [0.2, 0.25) is 0 Å². The van der Waals surface area contributed by atoms with E-state index < -0.39 is 11.0 Å². The molecule has 19 heavy (non-hydrogen) atoms. The van der Waals surface area contributed by atoms with Crippen LogP contribution in [0.4, 0.5) is 0 Å². The lowest BCUT2D eigenvalue weighted by atomic mass is 9.73. The number of aromatic nitrogens is 1. The Labute approximate surface area is 117 Å². The van der Waals surface area contributed by atoms with Gasteiger partial charge in [-0.3, -0.25) is 0 Å². The van der Waals surface area contributed by atoms with Crippen molar-refractivity contribution in [2.45, 2.75) is 33.3 Å². The minimum atomic E-state index is -0.807. The van der Waals surface area contributed by atoms with Gasteiger partial charge in [-0.2, -0.15) is 0 Å². The number of methoxy groups -OCH3 is 1. The highest BCUT2D eigenvalue weighted by atomic mass is 16.5. The quantitative estimate of drug-likeness (QED) is 0.909. The van der Waals surface area contributed by atoms with Crippen molar-refractivity contribution in [3.05, 3.63) is 49.9 Å². The van der Waals surface area contributed by atoms with Gasteiger partial charge in [0.05, 0.1) is 12.7 Å². The molecule has 0 aliphatic carbocycles. The van der Waals surface area contributed by atoms with E-state index >= 15 is 0 Å². The molecule has 0 saturated heterocycles. The van der Waals surface area contributed by atoms with Gasteiger partial charge in [-0.25, -0.2) is 4.98 Å². The molecule has 3 heteroatoms. The topological polar surface area (TPSA) is 42.4 Å². The fourth-order valence-corrected chi connectivity index (χ4v) is 0.925. The van der Waals surface area contributed by atoms with Gasteiger partial charge in [0.1, 0.15) is 0 Å². The van der Waals surface area contributed by atoms with Crippen LogP contribution in [0.1, 0.15) is 33.3 Å². The maximum absolute atomic E-state index is 9.57. The van der Waals surface area contributed by atoms with Crippen LogP contribution in [0.15, 0.2) is 23.9 Å². The SMILES string of the molecule is [CH2]c1ccc(OC)nc1.[CH]=C([CH2])C(C)(C)C(C)(C)O. The van der Waals surface area contributed by atoms with Gasteiger partial charge in [-0.1, -0.05) is 32.1 Å². The van der Waals surface area contributed by atoms with Gasteiger partial charge < -0.3 is 9.84 Å². The summed E-state index contributed by atoms with van der Waals surface area (Å²) in [5, 5.41) is 9.57. The van der Waals surface area contributed by atoms with E-state index in [-0.39, 0.29) is 0 Å². The summed E-state index contributed by atoms with van der Waals surface area (Å²) >= 11 is 0. The summed E-state index contributed by atoms with van der Waals surface area (Å²) < 4.78 is 4.83. The Bertz CT molecular complexity index is 400. The van der Waals surface area contributed by atoms with Crippen LogP contribution in [0, 0.1) is 25.8 Å². The van der Waals surface area contributed by atoms with Gasteiger partial charge >= 0.3 is 0 Å². The summed E-state index contributed by atoms with van der Waals surface area (Å²) in [6, 6.07) is 3.63. The van der Waals surface area contributed by atoms with E-state index in [0.717, 1.165) is 5.56 Å². The highest BCUT2D eigenvalue weighted by Crippen LogP contribution is 2.35. The minimum Gasteiger partial charge on any atom is -0.481 e. The number of pyridine rings is 1. The Kier molecular flexibility index (Phi) is 6.23. The standard InChI is InChI=1S/C9H16O.C7H8NO/c1-7(2)8(3,4)9(5,6)10;1-6-3-4-7(9-2)8-5-6/h1,10H,2H2,3-6H3;3-5H,1H2,2H3. The number of aliphatic hydroxyl groups is 1. The summed E-state index contributed by atoms with van der Waals surface area (Å²) in [5.74, 6) is 0.627. The smallest absolute Gasteiger partial charge is 0.212 e.